The molecule has 0 spiro atoms. The van der Waals surface area contributed by atoms with Crippen LogP contribution in [0.1, 0.15) is 34.1 Å². The van der Waals surface area contributed by atoms with Crippen LogP contribution in [0.3, 0.4) is 0 Å². The second-order valence-corrected chi connectivity index (χ2v) is 5.92. The summed E-state index contributed by atoms with van der Waals surface area (Å²) in [7, 11) is 0. The highest BCUT2D eigenvalue weighted by molar-refractivity contribution is 5.79. The predicted molar refractivity (Wildman–Crippen MR) is 66.1 cm³/mol. The molecule has 104 valence electrons. The molecule has 3 N–H and O–H groups in total. The monoisotopic (exact) mass is 258 g/mol. The maximum Gasteiger partial charge on any atom is 0.410 e. The van der Waals surface area contributed by atoms with Crippen LogP contribution >= 0.6 is 0 Å². The zero-order valence-corrected chi connectivity index (χ0v) is 11.4. The van der Waals surface area contributed by atoms with Gasteiger partial charge in [0.2, 0.25) is 0 Å². The van der Waals surface area contributed by atoms with Crippen LogP contribution in [0.25, 0.3) is 0 Å². The first-order chi connectivity index (χ1) is 8.06. The van der Waals surface area contributed by atoms with E-state index in [0.717, 1.165) is 0 Å². The first-order valence-corrected chi connectivity index (χ1v) is 6.06. The Morgan fingerprint density at radius 1 is 1.44 bits per heavy atom. The van der Waals surface area contributed by atoms with Crippen molar-refractivity contribution in [3.63, 3.8) is 0 Å². The fourth-order valence-electron chi connectivity index (χ4n) is 1.96. The number of aliphatic carboxylic acids is 1. The Labute approximate surface area is 107 Å². The van der Waals surface area contributed by atoms with E-state index in [-0.39, 0.29) is 12.3 Å². The third-order valence-electron chi connectivity index (χ3n) is 3.22. The van der Waals surface area contributed by atoms with Gasteiger partial charge in [0, 0.05) is 19.0 Å². The van der Waals surface area contributed by atoms with Gasteiger partial charge in [0.15, 0.2) is 0 Å². The molecule has 0 aromatic heterocycles. The number of carbonyl (C=O) groups is 2. The number of carboxylic acids is 1. The molecule has 1 aliphatic rings. The highest BCUT2D eigenvalue weighted by Crippen LogP contribution is 2.26. The summed E-state index contributed by atoms with van der Waals surface area (Å²) in [5, 5.41) is 9.12. The highest BCUT2D eigenvalue weighted by Gasteiger charge is 2.45. The minimum Gasteiger partial charge on any atom is -0.480 e. The van der Waals surface area contributed by atoms with E-state index in [1.165, 1.54) is 4.90 Å². The Bertz CT molecular complexity index is 350. The SMILES string of the molecule is CC1CN(C(=O)OC(C)(C)C)CCC1(N)C(=O)O. The van der Waals surface area contributed by atoms with Crippen LogP contribution in [0.2, 0.25) is 0 Å². The van der Waals surface area contributed by atoms with E-state index in [2.05, 4.69) is 0 Å². The number of likely N-dealkylation sites (tertiary alicyclic amines) is 1. The van der Waals surface area contributed by atoms with E-state index in [1.54, 1.807) is 27.7 Å². The summed E-state index contributed by atoms with van der Waals surface area (Å²) in [6, 6.07) is 0. The molecular weight excluding hydrogens is 236 g/mol. The normalized spacial score (nSPS) is 28.9. The lowest BCUT2D eigenvalue weighted by atomic mass is 9.80. The van der Waals surface area contributed by atoms with Crippen molar-refractivity contribution in [3.8, 4) is 0 Å². The Morgan fingerprint density at radius 3 is 2.39 bits per heavy atom. The van der Waals surface area contributed by atoms with Crippen molar-refractivity contribution in [3.05, 3.63) is 0 Å². The van der Waals surface area contributed by atoms with Gasteiger partial charge in [0.05, 0.1) is 0 Å². The van der Waals surface area contributed by atoms with Gasteiger partial charge >= 0.3 is 12.1 Å². The molecule has 1 heterocycles. The average molecular weight is 258 g/mol. The van der Waals surface area contributed by atoms with E-state index in [4.69, 9.17) is 15.6 Å². The third kappa shape index (κ3) is 3.13. The number of carbonyl (C=O) groups excluding carboxylic acids is 1. The van der Waals surface area contributed by atoms with Gasteiger partial charge in [0.1, 0.15) is 11.1 Å². The molecule has 1 saturated heterocycles. The maximum atomic E-state index is 11.9. The standard InChI is InChI=1S/C12H22N2O4/c1-8-7-14(10(17)18-11(2,3)4)6-5-12(8,13)9(15)16/h8H,5-7,13H2,1-4H3,(H,15,16). The molecule has 1 rings (SSSR count). The number of carboxylic acid groups (broad SMARTS) is 1. The molecule has 0 aromatic rings. The van der Waals surface area contributed by atoms with E-state index in [9.17, 15) is 9.59 Å². The second-order valence-electron chi connectivity index (χ2n) is 5.92. The van der Waals surface area contributed by atoms with Gasteiger partial charge in [-0.05, 0) is 27.2 Å². The number of ether oxygens (including phenoxy) is 1. The van der Waals surface area contributed by atoms with Crippen molar-refractivity contribution in [1.82, 2.24) is 4.90 Å². The van der Waals surface area contributed by atoms with E-state index < -0.39 is 23.2 Å². The topological polar surface area (TPSA) is 92.9 Å². The van der Waals surface area contributed by atoms with Gasteiger partial charge in [-0.3, -0.25) is 4.79 Å². The summed E-state index contributed by atoms with van der Waals surface area (Å²) in [5.74, 6) is -1.32. The molecule has 2 atom stereocenters. The fraction of sp³-hybridized carbons (Fsp3) is 0.833. The molecule has 0 aliphatic carbocycles. The van der Waals surface area contributed by atoms with E-state index >= 15 is 0 Å². The van der Waals surface area contributed by atoms with Crippen molar-refractivity contribution in [1.29, 1.82) is 0 Å². The van der Waals surface area contributed by atoms with Crippen LogP contribution in [-0.4, -0.2) is 46.3 Å². The quantitative estimate of drug-likeness (QED) is 0.733. The lowest BCUT2D eigenvalue weighted by molar-refractivity contribution is -0.147. The van der Waals surface area contributed by atoms with Gasteiger partial charge in [-0.2, -0.15) is 0 Å². The number of rotatable bonds is 1. The predicted octanol–water partition coefficient (Wildman–Crippen LogP) is 1.05. The molecular formula is C12H22N2O4. The third-order valence-corrected chi connectivity index (χ3v) is 3.22. The molecule has 1 aliphatic heterocycles. The molecule has 2 unspecified atom stereocenters. The number of hydrogen-bond donors (Lipinski definition) is 2. The van der Waals surface area contributed by atoms with Gasteiger partial charge in [0.25, 0.3) is 0 Å². The summed E-state index contributed by atoms with van der Waals surface area (Å²) in [6.45, 7) is 7.73. The largest absolute Gasteiger partial charge is 0.480 e. The van der Waals surface area contributed by atoms with Crippen LogP contribution in [-0.2, 0) is 9.53 Å². The fourth-order valence-corrected chi connectivity index (χ4v) is 1.96. The Hall–Kier alpha value is -1.30. The molecule has 6 nitrogen and oxygen atoms in total. The van der Waals surface area contributed by atoms with E-state index in [1.807, 2.05) is 0 Å². The van der Waals surface area contributed by atoms with Crippen LogP contribution in [0.4, 0.5) is 4.79 Å². The molecule has 1 amide bonds. The number of piperidine rings is 1. The molecule has 0 aromatic carbocycles. The molecule has 0 bridgehead atoms. The van der Waals surface area contributed by atoms with Gasteiger partial charge < -0.3 is 20.5 Å². The van der Waals surface area contributed by atoms with Crippen LogP contribution in [0.5, 0.6) is 0 Å². The smallest absolute Gasteiger partial charge is 0.410 e. The second kappa shape index (κ2) is 4.76. The molecule has 0 saturated carbocycles. The lowest BCUT2D eigenvalue weighted by Gasteiger charge is -2.41. The Balaban J connectivity index is 2.67. The number of amides is 1. The molecule has 1 fully saturated rings. The Kier molecular flexibility index (Phi) is 3.90. The summed E-state index contributed by atoms with van der Waals surface area (Å²) < 4.78 is 5.25. The highest BCUT2D eigenvalue weighted by atomic mass is 16.6. The summed E-state index contributed by atoms with van der Waals surface area (Å²) in [6.07, 6.45) is -0.176. The van der Waals surface area contributed by atoms with Gasteiger partial charge in [-0.25, -0.2) is 4.79 Å². The zero-order chi connectivity index (χ0) is 14.1. The van der Waals surface area contributed by atoms with Crippen molar-refractivity contribution >= 4 is 12.1 Å². The minimum absolute atomic E-state index is 0.239. The first kappa shape index (κ1) is 14.8. The summed E-state index contributed by atoms with van der Waals surface area (Å²) in [4.78, 5) is 24.5. The van der Waals surface area contributed by atoms with Crippen LogP contribution in [0.15, 0.2) is 0 Å². The van der Waals surface area contributed by atoms with Gasteiger partial charge in [-0.15, -0.1) is 0 Å². The lowest BCUT2D eigenvalue weighted by Crippen LogP contribution is -2.62. The van der Waals surface area contributed by atoms with Crippen molar-refractivity contribution < 1.29 is 19.4 Å². The van der Waals surface area contributed by atoms with Crippen molar-refractivity contribution in [2.45, 2.75) is 45.3 Å². The Morgan fingerprint density at radius 2 is 2.00 bits per heavy atom. The van der Waals surface area contributed by atoms with E-state index in [0.29, 0.717) is 13.1 Å². The van der Waals surface area contributed by atoms with Crippen LogP contribution < -0.4 is 5.73 Å². The summed E-state index contributed by atoms with van der Waals surface area (Å²) in [5.41, 5.74) is 4.05. The van der Waals surface area contributed by atoms with Crippen LogP contribution in [0, 0.1) is 5.92 Å². The number of hydrogen-bond acceptors (Lipinski definition) is 4. The molecule has 6 heteroatoms. The molecule has 0 radical (unpaired) electrons. The first-order valence-electron chi connectivity index (χ1n) is 6.06. The average Bonchev–Trinajstić information content (AvgIpc) is 2.19. The number of nitrogens with zero attached hydrogens (tertiary/aromatic N) is 1. The van der Waals surface area contributed by atoms with Gasteiger partial charge in [-0.1, -0.05) is 6.92 Å². The molecule has 18 heavy (non-hydrogen) atoms. The maximum absolute atomic E-state index is 11.9. The number of nitrogens with two attached hydrogens (primary N) is 1. The minimum atomic E-state index is -1.25. The summed E-state index contributed by atoms with van der Waals surface area (Å²) >= 11 is 0. The van der Waals surface area contributed by atoms with Crippen molar-refractivity contribution in [2.75, 3.05) is 13.1 Å². The van der Waals surface area contributed by atoms with Crippen molar-refractivity contribution in [2.24, 2.45) is 11.7 Å². The zero-order valence-electron chi connectivity index (χ0n) is 11.4.